The molecule has 1 aliphatic heterocycles. The second-order valence-corrected chi connectivity index (χ2v) is 4.46. The highest BCUT2D eigenvalue weighted by atomic mass is 16.5. The van der Waals surface area contributed by atoms with E-state index in [4.69, 9.17) is 9.47 Å². The molecule has 18 heavy (non-hydrogen) atoms. The van der Waals surface area contributed by atoms with E-state index < -0.39 is 18.4 Å². The van der Waals surface area contributed by atoms with E-state index in [9.17, 15) is 15.0 Å². The fraction of sp³-hybridized carbons (Fsp3) is 0.909. The van der Waals surface area contributed by atoms with Crippen molar-refractivity contribution < 1.29 is 24.5 Å². The molecule has 2 N–H and O–H groups in total. The van der Waals surface area contributed by atoms with Crippen LogP contribution in [0.2, 0.25) is 0 Å². The summed E-state index contributed by atoms with van der Waals surface area (Å²) in [6, 6.07) is -1.23. The lowest BCUT2D eigenvalue weighted by Crippen LogP contribution is -2.49. The van der Waals surface area contributed by atoms with Gasteiger partial charge in [-0.1, -0.05) is 0 Å². The van der Waals surface area contributed by atoms with Crippen LogP contribution in [0, 0.1) is 0 Å². The summed E-state index contributed by atoms with van der Waals surface area (Å²) in [4.78, 5) is 14.9. The number of hydrogen-bond donors (Lipinski definition) is 2. The van der Waals surface area contributed by atoms with Crippen LogP contribution in [0.15, 0.2) is 0 Å². The van der Waals surface area contributed by atoms with Gasteiger partial charge in [-0.2, -0.15) is 0 Å². The summed E-state index contributed by atoms with van der Waals surface area (Å²) in [5, 5.41) is 19.5. The maximum atomic E-state index is 12.2. The number of aliphatic hydroxyl groups excluding tert-OH is 2. The first-order valence-electron chi connectivity index (χ1n) is 5.88. The molecule has 0 aliphatic carbocycles. The molecule has 0 aromatic heterocycles. The molecule has 0 aromatic rings. The number of methoxy groups -OCH3 is 2. The molecular weight excluding hydrogens is 240 g/mol. The highest BCUT2D eigenvalue weighted by Gasteiger charge is 2.49. The van der Waals surface area contributed by atoms with Gasteiger partial charge in [0.25, 0.3) is 0 Å². The molecule has 0 spiro atoms. The Bertz CT molecular complexity index is 285. The van der Waals surface area contributed by atoms with E-state index >= 15 is 0 Å². The third kappa shape index (κ3) is 2.74. The molecule has 106 valence electrons. The van der Waals surface area contributed by atoms with Gasteiger partial charge in [-0.25, -0.2) is 4.79 Å². The van der Waals surface area contributed by atoms with Crippen LogP contribution in [0.5, 0.6) is 0 Å². The Balaban J connectivity index is 3.03. The highest BCUT2D eigenvalue weighted by molar-refractivity contribution is 5.78. The first-order chi connectivity index (χ1) is 8.45. The molecule has 1 fully saturated rings. The summed E-state index contributed by atoms with van der Waals surface area (Å²) >= 11 is 0. The summed E-state index contributed by atoms with van der Waals surface area (Å²) in [5.74, 6) is 0. The summed E-state index contributed by atoms with van der Waals surface area (Å²) in [6.45, 7) is 3.45. The predicted octanol–water partition coefficient (Wildman–Crippen LogP) is -0.569. The summed E-state index contributed by atoms with van der Waals surface area (Å²) in [6.07, 6.45) is -1.75. The molecule has 0 radical (unpaired) electrons. The van der Waals surface area contributed by atoms with E-state index in [0.29, 0.717) is 0 Å². The van der Waals surface area contributed by atoms with Gasteiger partial charge in [0.2, 0.25) is 0 Å². The van der Waals surface area contributed by atoms with Crippen molar-refractivity contribution in [3.8, 4) is 0 Å². The topological polar surface area (TPSA) is 82.5 Å². The molecule has 0 bridgehead atoms. The van der Waals surface area contributed by atoms with Gasteiger partial charge in [0.05, 0.1) is 24.8 Å². The van der Waals surface area contributed by atoms with Crippen LogP contribution < -0.4 is 0 Å². The summed E-state index contributed by atoms with van der Waals surface area (Å²) in [7, 11) is 3.01. The van der Waals surface area contributed by atoms with Crippen molar-refractivity contribution >= 4 is 6.03 Å². The van der Waals surface area contributed by atoms with Crippen LogP contribution in [0.3, 0.4) is 0 Å². The van der Waals surface area contributed by atoms with Crippen LogP contribution in [-0.2, 0) is 9.47 Å². The molecule has 1 rings (SSSR count). The van der Waals surface area contributed by atoms with E-state index in [2.05, 4.69) is 0 Å². The minimum absolute atomic E-state index is 0.0965. The molecule has 7 heteroatoms. The molecular formula is C11H22N2O5. The highest BCUT2D eigenvalue weighted by Crippen LogP contribution is 2.27. The molecule has 7 nitrogen and oxygen atoms in total. The van der Waals surface area contributed by atoms with Crippen molar-refractivity contribution in [1.82, 2.24) is 9.80 Å². The number of amides is 2. The molecule has 0 aromatic carbocycles. The van der Waals surface area contributed by atoms with Gasteiger partial charge in [0, 0.05) is 14.2 Å². The summed E-state index contributed by atoms with van der Waals surface area (Å²) in [5.41, 5.74) is 0. The fourth-order valence-corrected chi connectivity index (χ4v) is 2.40. The maximum absolute atomic E-state index is 12.2. The number of nitrogens with zero attached hydrogens (tertiary/aromatic N) is 2. The number of ether oxygens (including phenoxy) is 2. The fourth-order valence-electron chi connectivity index (χ4n) is 2.40. The number of carbonyl (C=O) groups excluding carboxylic acids is 1. The smallest absolute Gasteiger partial charge is 0.324 e. The molecule has 1 aliphatic rings. The van der Waals surface area contributed by atoms with E-state index in [-0.39, 0.29) is 25.4 Å². The predicted molar refractivity (Wildman–Crippen MR) is 63.8 cm³/mol. The first kappa shape index (κ1) is 15.2. The lowest BCUT2D eigenvalue weighted by atomic mass is 10.0. The minimum atomic E-state index is -0.974. The van der Waals surface area contributed by atoms with Gasteiger partial charge in [0.1, 0.15) is 13.0 Å². The van der Waals surface area contributed by atoms with Crippen LogP contribution in [-0.4, -0.2) is 78.0 Å². The molecule has 4 unspecified atom stereocenters. The van der Waals surface area contributed by atoms with Crippen molar-refractivity contribution in [2.45, 2.75) is 38.3 Å². The average Bonchev–Trinajstić information content (AvgIpc) is 2.55. The second-order valence-electron chi connectivity index (χ2n) is 4.46. The van der Waals surface area contributed by atoms with Gasteiger partial charge in [-0.3, -0.25) is 9.80 Å². The third-order valence-corrected chi connectivity index (χ3v) is 3.08. The Labute approximate surface area is 107 Å². The van der Waals surface area contributed by atoms with Crippen molar-refractivity contribution in [1.29, 1.82) is 0 Å². The Kier molecular flexibility index (Phi) is 5.33. The lowest BCUT2D eigenvalue weighted by molar-refractivity contribution is -0.0187. The van der Waals surface area contributed by atoms with E-state index in [0.717, 1.165) is 0 Å². The third-order valence-electron chi connectivity index (χ3n) is 3.08. The van der Waals surface area contributed by atoms with Crippen LogP contribution in [0.1, 0.15) is 13.8 Å². The van der Waals surface area contributed by atoms with Crippen LogP contribution in [0.25, 0.3) is 0 Å². The average molecular weight is 262 g/mol. The standard InChI is InChI=1S/C11H22N2O5/c1-7(14)10-9(5-17-3)12(6-18-4)11(16)13(10)8(2)15/h7-10,14-15H,5-6H2,1-4H3. The van der Waals surface area contributed by atoms with Gasteiger partial charge in [0.15, 0.2) is 0 Å². The van der Waals surface area contributed by atoms with E-state index in [1.165, 1.54) is 30.9 Å². The van der Waals surface area contributed by atoms with Crippen molar-refractivity contribution in [3.05, 3.63) is 0 Å². The van der Waals surface area contributed by atoms with Gasteiger partial charge < -0.3 is 19.7 Å². The zero-order valence-electron chi connectivity index (χ0n) is 11.2. The van der Waals surface area contributed by atoms with Crippen molar-refractivity contribution in [3.63, 3.8) is 0 Å². The normalized spacial score (nSPS) is 27.8. The van der Waals surface area contributed by atoms with Crippen LogP contribution in [0.4, 0.5) is 4.79 Å². The Morgan fingerprint density at radius 3 is 2.28 bits per heavy atom. The number of hydrogen-bond acceptors (Lipinski definition) is 5. The molecule has 0 saturated carbocycles. The molecule has 4 atom stereocenters. The lowest BCUT2D eigenvalue weighted by Gasteiger charge is -2.30. The summed E-state index contributed by atoms with van der Waals surface area (Å²) < 4.78 is 10.1. The SMILES string of the molecule is COCC1C(C(C)O)N(C(C)O)C(=O)N1COC. The Morgan fingerprint density at radius 1 is 1.28 bits per heavy atom. The monoisotopic (exact) mass is 262 g/mol. The molecule has 1 saturated heterocycles. The molecule has 1 heterocycles. The minimum Gasteiger partial charge on any atom is -0.391 e. The Morgan fingerprint density at radius 2 is 1.89 bits per heavy atom. The number of rotatable bonds is 6. The first-order valence-corrected chi connectivity index (χ1v) is 5.88. The second kappa shape index (κ2) is 6.33. The van der Waals surface area contributed by atoms with E-state index in [1.54, 1.807) is 6.92 Å². The van der Waals surface area contributed by atoms with Crippen LogP contribution >= 0.6 is 0 Å². The zero-order chi connectivity index (χ0) is 13.9. The quantitative estimate of drug-likeness (QED) is 0.670. The Hall–Kier alpha value is -0.890. The van der Waals surface area contributed by atoms with Gasteiger partial charge in [-0.05, 0) is 13.8 Å². The molecule has 2 amide bonds. The maximum Gasteiger partial charge on any atom is 0.324 e. The van der Waals surface area contributed by atoms with E-state index in [1.807, 2.05) is 0 Å². The van der Waals surface area contributed by atoms with Gasteiger partial charge >= 0.3 is 6.03 Å². The zero-order valence-corrected chi connectivity index (χ0v) is 11.2. The number of carbonyl (C=O) groups is 1. The van der Waals surface area contributed by atoms with Crippen molar-refractivity contribution in [2.24, 2.45) is 0 Å². The van der Waals surface area contributed by atoms with Gasteiger partial charge in [-0.15, -0.1) is 0 Å². The number of urea groups is 1. The number of aliphatic hydroxyl groups is 2. The largest absolute Gasteiger partial charge is 0.391 e. The van der Waals surface area contributed by atoms with Crippen molar-refractivity contribution in [2.75, 3.05) is 27.6 Å².